The Balaban J connectivity index is 2.54. The van der Waals surface area contributed by atoms with Crippen LogP contribution < -0.4 is 0 Å². The van der Waals surface area contributed by atoms with Crippen LogP contribution in [0.25, 0.3) is 0 Å². The van der Waals surface area contributed by atoms with Crippen LogP contribution in [0, 0.1) is 21.4 Å². The molecule has 6 nitrogen and oxygen atoms in total. The van der Waals surface area contributed by atoms with Crippen molar-refractivity contribution < 1.29 is 4.92 Å². The Bertz CT molecular complexity index is 420. The van der Waals surface area contributed by atoms with Gasteiger partial charge in [0.2, 0.25) is 5.69 Å². The quantitative estimate of drug-likeness (QED) is 0.413. The standard InChI is InChI=1S/C11H16N4O2/c1-2-3-4-5-6-7-14-10(8-12)11(9-13-14)15(16)17/h9H,2-7H2,1H3. The second-order valence-electron chi connectivity index (χ2n) is 3.88. The molecular formula is C11H16N4O2. The molecule has 0 aliphatic heterocycles. The lowest BCUT2D eigenvalue weighted by atomic mass is 10.1. The molecule has 0 unspecified atom stereocenters. The van der Waals surface area contributed by atoms with Gasteiger partial charge in [0.15, 0.2) is 0 Å². The van der Waals surface area contributed by atoms with Crippen LogP contribution in [-0.4, -0.2) is 14.7 Å². The van der Waals surface area contributed by atoms with E-state index in [0.717, 1.165) is 25.5 Å². The minimum atomic E-state index is -0.570. The van der Waals surface area contributed by atoms with Crippen LogP contribution in [-0.2, 0) is 6.54 Å². The van der Waals surface area contributed by atoms with Crippen molar-refractivity contribution in [1.82, 2.24) is 9.78 Å². The van der Waals surface area contributed by atoms with Gasteiger partial charge >= 0.3 is 5.69 Å². The van der Waals surface area contributed by atoms with Crippen LogP contribution in [0.2, 0.25) is 0 Å². The summed E-state index contributed by atoms with van der Waals surface area (Å²) in [6.07, 6.45) is 6.63. The van der Waals surface area contributed by atoms with E-state index in [2.05, 4.69) is 12.0 Å². The van der Waals surface area contributed by atoms with E-state index < -0.39 is 4.92 Å². The Morgan fingerprint density at radius 2 is 2.18 bits per heavy atom. The van der Waals surface area contributed by atoms with E-state index in [0.29, 0.717) is 6.54 Å². The summed E-state index contributed by atoms with van der Waals surface area (Å²) in [5.74, 6) is 0. The molecule has 0 aliphatic rings. The SMILES string of the molecule is CCCCCCCn1ncc([N+](=O)[O-])c1C#N. The predicted octanol–water partition coefficient (Wildman–Crippen LogP) is 2.63. The van der Waals surface area contributed by atoms with Gasteiger partial charge in [-0.15, -0.1) is 0 Å². The third kappa shape index (κ3) is 3.55. The zero-order valence-electron chi connectivity index (χ0n) is 9.93. The summed E-state index contributed by atoms with van der Waals surface area (Å²) in [5, 5.41) is 23.4. The van der Waals surface area contributed by atoms with E-state index in [4.69, 9.17) is 5.26 Å². The third-order valence-corrected chi connectivity index (χ3v) is 2.60. The highest BCUT2D eigenvalue weighted by Gasteiger charge is 2.19. The third-order valence-electron chi connectivity index (χ3n) is 2.60. The molecule has 0 atom stereocenters. The van der Waals surface area contributed by atoms with E-state index in [-0.39, 0.29) is 11.4 Å². The van der Waals surface area contributed by atoms with Crippen LogP contribution in [0.1, 0.15) is 44.7 Å². The largest absolute Gasteiger partial charge is 0.325 e. The number of rotatable bonds is 7. The first-order valence-electron chi connectivity index (χ1n) is 5.81. The first-order valence-corrected chi connectivity index (χ1v) is 5.81. The Hall–Kier alpha value is -1.90. The molecule has 0 saturated carbocycles. The molecule has 0 fully saturated rings. The van der Waals surface area contributed by atoms with Gasteiger partial charge in [0.25, 0.3) is 0 Å². The number of hydrogen-bond donors (Lipinski definition) is 0. The van der Waals surface area contributed by atoms with Gasteiger partial charge in [0, 0.05) is 6.54 Å². The van der Waals surface area contributed by atoms with Crippen molar-refractivity contribution in [1.29, 1.82) is 5.26 Å². The summed E-state index contributed by atoms with van der Waals surface area (Å²) < 4.78 is 1.42. The van der Waals surface area contributed by atoms with Crippen LogP contribution in [0.3, 0.4) is 0 Å². The highest BCUT2D eigenvalue weighted by atomic mass is 16.6. The summed E-state index contributed by atoms with van der Waals surface area (Å²) in [5.41, 5.74) is -0.161. The van der Waals surface area contributed by atoms with Gasteiger partial charge in [-0.2, -0.15) is 10.4 Å². The van der Waals surface area contributed by atoms with Crippen molar-refractivity contribution >= 4 is 5.69 Å². The molecule has 0 spiro atoms. The molecule has 0 radical (unpaired) electrons. The molecule has 17 heavy (non-hydrogen) atoms. The van der Waals surface area contributed by atoms with Crippen molar-refractivity contribution in [3.63, 3.8) is 0 Å². The molecule has 0 aromatic carbocycles. The van der Waals surface area contributed by atoms with Crippen LogP contribution >= 0.6 is 0 Å². The van der Waals surface area contributed by atoms with E-state index in [9.17, 15) is 10.1 Å². The van der Waals surface area contributed by atoms with Crippen molar-refractivity contribution in [3.05, 3.63) is 22.0 Å². The van der Waals surface area contributed by atoms with Gasteiger partial charge in [0.05, 0.1) is 4.92 Å². The fourth-order valence-electron chi connectivity index (χ4n) is 1.66. The first-order chi connectivity index (χ1) is 8.20. The molecule has 0 saturated heterocycles. The van der Waals surface area contributed by atoms with Gasteiger partial charge in [-0.1, -0.05) is 32.6 Å². The average Bonchev–Trinajstić information content (AvgIpc) is 2.71. The summed E-state index contributed by atoms with van der Waals surface area (Å²) in [7, 11) is 0. The van der Waals surface area contributed by atoms with E-state index in [1.165, 1.54) is 17.5 Å². The second kappa shape index (κ2) is 6.63. The fraction of sp³-hybridized carbons (Fsp3) is 0.636. The topological polar surface area (TPSA) is 84.8 Å². The zero-order chi connectivity index (χ0) is 12.7. The van der Waals surface area contributed by atoms with Gasteiger partial charge in [-0.25, -0.2) is 4.68 Å². The van der Waals surface area contributed by atoms with Gasteiger partial charge in [-0.05, 0) is 6.42 Å². The lowest BCUT2D eigenvalue weighted by molar-refractivity contribution is -0.385. The van der Waals surface area contributed by atoms with Crippen molar-refractivity contribution in [2.45, 2.75) is 45.6 Å². The molecule has 0 bridgehead atoms. The molecule has 1 aromatic rings. The molecule has 6 heteroatoms. The number of nitriles is 1. The highest BCUT2D eigenvalue weighted by Crippen LogP contribution is 2.17. The van der Waals surface area contributed by atoms with Crippen molar-refractivity contribution in [2.75, 3.05) is 0 Å². The van der Waals surface area contributed by atoms with E-state index in [1.807, 2.05) is 6.07 Å². The molecule has 1 rings (SSSR count). The van der Waals surface area contributed by atoms with Crippen molar-refractivity contribution in [3.8, 4) is 6.07 Å². The van der Waals surface area contributed by atoms with E-state index in [1.54, 1.807) is 0 Å². The van der Waals surface area contributed by atoms with Crippen molar-refractivity contribution in [2.24, 2.45) is 0 Å². The number of aromatic nitrogens is 2. The Labute approximate surface area is 100 Å². The number of aryl methyl sites for hydroxylation is 1. The maximum Gasteiger partial charge on any atom is 0.325 e. The minimum absolute atomic E-state index is 0.0468. The Kier molecular flexibility index (Phi) is 5.14. The van der Waals surface area contributed by atoms with Crippen LogP contribution in [0.5, 0.6) is 0 Å². The van der Waals surface area contributed by atoms with Gasteiger partial charge in [0.1, 0.15) is 12.3 Å². The number of nitro groups is 1. The molecule has 0 aliphatic carbocycles. The highest BCUT2D eigenvalue weighted by molar-refractivity contribution is 5.42. The number of nitrogens with zero attached hydrogens (tertiary/aromatic N) is 4. The van der Waals surface area contributed by atoms with Crippen LogP contribution in [0.4, 0.5) is 5.69 Å². The molecular weight excluding hydrogens is 220 g/mol. The summed E-state index contributed by atoms with van der Waals surface area (Å²) in [6, 6.07) is 1.84. The van der Waals surface area contributed by atoms with E-state index >= 15 is 0 Å². The lowest BCUT2D eigenvalue weighted by Crippen LogP contribution is -2.03. The maximum atomic E-state index is 10.6. The smallest absolute Gasteiger partial charge is 0.258 e. The normalized spacial score (nSPS) is 10.1. The molecule has 0 amide bonds. The first kappa shape index (κ1) is 13.2. The predicted molar refractivity (Wildman–Crippen MR) is 62.4 cm³/mol. The molecule has 1 heterocycles. The number of hydrogen-bond acceptors (Lipinski definition) is 4. The molecule has 1 aromatic heterocycles. The monoisotopic (exact) mass is 236 g/mol. The van der Waals surface area contributed by atoms with Crippen LogP contribution in [0.15, 0.2) is 6.20 Å². The second-order valence-corrected chi connectivity index (χ2v) is 3.88. The Morgan fingerprint density at radius 1 is 1.47 bits per heavy atom. The lowest BCUT2D eigenvalue weighted by Gasteiger charge is -2.01. The summed E-state index contributed by atoms with van der Waals surface area (Å²) in [4.78, 5) is 10.0. The van der Waals surface area contributed by atoms with Gasteiger partial charge < -0.3 is 0 Å². The number of unbranched alkanes of at least 4 members (excludes halogenated alkanes) is 4. The fourth-order valence-corrected chi connectivity index (χ4v) is 1.66. The molecule has 0 N–H and O–H groups in total. The maximum absolute atomic E-state index is 10.6. The summed E-state index contributed by atoms with van der Waals surface area (Å²) in [6.45, 7) is 2.71. The van der Waals surface area contributed by atoms with Gasteiger partial charge in [-0.3, -0.25) is 10.1 Å². The zero-order valence-corrected chi connectivity index (χ0v) is 9.93. The molecule has 92 valence electrons. The summed E-state index contributed by atoms with van der Waals surface area (Å²) >= 11 is 0. The Morgan fingerprint density at radius 3 is 2.76 bits per heavy atom. The minimum Gasteiger partial charge on any atom is -0.258 e. The average molecular weight is 236 g/mol.